The van der Waals surface area contributed by atoms with Crippen molar-refractivity contribution in [3.05, 3.63) is 81.9 Å². The van der Waals surface area contributed by atoms with Crippen molar-refractivity contribution < 1.29 is 47.6 Å². The number of nitrogens with zero attached hydrogens (tertiary/aromatic N) is 4. The quantitative estimate of drug-likeness (QED) is 0.0626. The van der Waals surface area contributed by atoms with Crippen LogP contribution >= 0.6 is 30.3 Å². The lowest BCUT2D eigenvalue weighted by Crippen LogP contribution is -2.44. The molecule has 15 nitrogen and oxygen atoms in total. The van der Waals surface area contributed by atoms with Crippen LogP contribution in [0.2, 0.25) is 0 Å². The van der Waals surface area contributed by atoms with E-state index in [1.165, 1.54) is 37.7 Å². The van der Waals surface area contributed by atoms with Crippen LogP contribution in [-0.2, 0) is 25.2 Å². The zero-order valence-electron chi connectivity index (χ0n) is 26.9. The van der Waals surface area contributed by atoms with Crippen LogP contribution in [0.4, 0.5) is 10.3 Å². The van der Waals surface area contributed by atoms with E-state index < -0.39 is 50.4 Å². The molecule has 1 fully saturated rings. The first-order valence-corrected chi connectivity index (χ1v) is 17.9. The first-order valence-electron chi connectivity index (χ1n) is 15.3. The van der Waals surface area contributed by atoms with Crippen molar-refractivity contribution in [3.63, 3.8) is 0 Å². The van der Waals surface area contributed by atoms with Crippen LogP contribution < -0.4 is 19.7 Å². The topological polar surface area (TPSA) is 199 Å². The number of aliphatic carboxylic acids is 1. The summed E-state index contributed by atoms with van der Waals surface area (Å²) in [5.41, 5.74) is -0.760. The van der Waals surface area contributed by atoms with Gasteiger partial charge in [0, 0.05) is 34.5 Å². The largest absolute Gasteiger partial charge is 0.480 e. The van der Waals surface area contributed by atoms with Gasteiger partial charge >= 0.3 is 13.7 Å². The molecule has 0 aliphatic carbocycles. The Labute approximate surface area is 298 Å². The number of carbonyl (C=O) groups is 1. The second-order valence-electron chi connectivity index (χ2n) is 11.7. The van der Waals surface area contributed by atoms with Gasteiger partial charge in [-0.15, -0.1) is 0 Å². The molecule has 0 radical (unpaired) electrons. The number of hydrogen-bond donors (Lipinski definition) is 5. The van der Waals surface area contributed by atoms with Gasteiger partial charge in [0.15, 0.2) is 21.2 Å². The van der Waals surface area contributed by atoms with Gasteiger partial charge in [0.2, 0.25) is 11.8 Å². The first-order chi connectivity index (χ1) is 23.8. The highest BCUT2D eigenvalue weighted by molar-refractivity contribution is 14.1. The van der Waals surface area contributed by atoms with E-state index in [0.717, 1.165) is 10.9 Å². The molecule has 0 bridgehead atoms. The minimum atomic E-state index is -4.45. The smallest absolute Gasteiger partial charge is 0.459 e. The van der Waals surface area contributed by atoms with Crippen LogP contribution in [0, 0.1) is 9.65 Å². The average Bonchev–Trinajstić information content (AvgIpc) is 3.53. The molecule has 1 aliphatic heterocycles. The predicted octanol–water partition coefficient (Wildman–Crippen LogP) is 4.62. The van der Waals surface area contributed by atoms with E-state index in [-0.39, 0.29) is 41.1 Å². The van der Waals surface area contributed by atoms with Gasteiger partial charge in [-0.3, -0.25) is 13.9 Å². The number of halogens is 2. The van der Waals surface area contributed by atoms with Crippen molar-refractivity contribution in [2.45, 2.75) is 50.5 Å². The molecule has 1 aliphatic rings. The minimum Gasteiger partial charge on any atom is -0.480 e. The third-order valence-corrected chi connectivity index (χ3v) is 10.5. The zero-order valence-corrected chi connectivity index (χ0v) is 29.9. The summed E-state index contributed by atoms with van der Waals surface area (Å²) in [5.74, 6) is -1.24. The molecule has 50 heavy (non-hydrogen) atoms. The molecule has 0 saturated carbocycles. The number of benzene rings is 3. The number of nitrogens with one attached hydrogen (secondary N) is 2. The third-order valence-electron chi connectivity index (χ3n) is 8.11. The molecule has 6 rings (SSSR count). The van der Waals surface area contributed by atoms with Crippen molar-refractivity contribution in [1.82, 2.24) is 24.6 Å². The summed E-state index contributed by atoms with van der Waals surface area (Å²) in [5, 5.41) is 39.4. The van der Waals surface area contributed by atoms with Gasteiger partial charge in [-0.2, -0.15) is 15.1 Å². The number of carboxylic acids is 1. The Morgan fingerprint density at radius 1 is 1.14 bits per heavy atom. The maximum atomic E-state index is 14.1. The minimum absolute atomic E-state index is 0.122. The van der Waals surface area contributed by atoms with Crippen LogP contribution in [0.25, 0.3) is 21.9 Å². The van der Waals surface area contributed by atoms with Gasteiger partial charge < -0.3 is 34.6 Å². The van der Waals surface area contributed by atoms with Crippen LogP contribution in [-0.4, -0.2) is 78.4 Å². The molecule has 1 saturated heterocycles. The monoisotopic (exact) mass is 822 g/mol. The molecular formula is C32H33FIN6O9P. The fraction of sp³-hybridized carbons (Fsp3) is 0.312. The normalized spacial score (nSPS) is 22.3. The van der Waals surface area contributed by atoms with Crippen LogP contribution in [0.3, 0.4) is 0 Å². The highest BCUT2D eigenvalue weighted by atomic mass is 127. The Hall–Kier alpha value is -3.97. The van der Waals surface area contributed by atoms with Gasteiger partial charge in [-0.25, -0.2) is 13.9 Å². The van der Waals surface area contributed by atoms with E-state index in [0.29, 0.717) is 9.22 Å². The number of anilines is 1. The van der Waals surface area contributed by atoms with Crippen molar-refractivity contribution >= 4 is 64.2 Å². The summed E-state index contributed by atoms with van der Waals surface area (Å²) in [4.78, 5) is 25.2. The lowest BCUT2D eigenvalue weighted by molar-refractivity contribution is -0.138. The number of fused-ring (bicyclic) bond motifs is 2. The van der Waals surface area contributed by atoms with E-state index in [2.05, 4.69) is 25.4 Å². The molecule has 3 heterocycles. The molecule has 0 spiro atoms. The van der Waals surface area contributed by atoms with Crippen LogP contribution in [0.5, 0.6) is 11.6 Å². The van der Waals surface area contributed by atoms with Crippen molar-refractivity contribution in [3.8, 4) is 11.6 Å². The fourth-order valence-corrected chi connectivity index (χ4v) is 7.70. The standard InChI is InChI=1S/C32H33FIN6O9P/c1-17(28(42)43)39-50(45,49-22-10-6-8-19-7-4-5-9-21(19)22)47-16-23-25(41)32(2,44)29(48-23)40-26-24(36-30(40)34)27(46-3)38-31(37-26)35-15-18-11-13-20(33)14-12-18/h4-14,17,23,25,29,41,44H,15-16H2,1-3H3,(H,39,45)(H,42,43)(H,35,37,38)/t17?,23-,25-,29-,32-,50?/m1/s1. The molecule has 18 heteroatoms. The maximum Gasteiger partial charge on any atom is 0.459 e. The average molecular weight is 823 g/mol. The summed E-state index contributed by atoms with van der Waals surface area (Å²) in [6, 6.07) is 16.8. The number of methoxy groups -OCH3 is 1. The Bertz CT molecular complexity index is 2080. The molecule has 264 valence electrons. The molecule has 5 aromatic rings. The molecule has 6 atom stereocenters. The molecule has 2 aromatic heterocycles. The Balaban J connectivity index is 1.27. The molecule has 0 amide bonds. The number of hydrogen-bond acceptors (Lipinski definition) is 12. The summed E-state index contributed by atoms with van der Waals surface area (Å²) in [6.45, 7) is 2.30. The van der Waals surface area contributed by atoms with Crippen LogP contribution in [0.15, 0.2) is 66.7 Å². The number of aromatic nitrogens is 4. The van der Waals surface area contributed by atoms with Crippen LogP contribution in [0.1, 0.15) is 25.6 Å². The molecule has 5 N–H and O–H groups in total. The van der Waals surface area contributed by atoms with Gasteiger partial charge in [0.1, 0.15) is 35.4 Å². The first kappa shape index (κ1) is 35.8. The van der Waals surface area contributed by atoms with Crippen molar-refractivity contribution in [1.29, 1.82) is 0 Å². The summed E-state index contributed by atoms with van der Waals surface area (Å²) >= 11 is 1.92. The fourth-order valence-electron chi connectivity index (χ4n) is 5.45. The number of ether oxygens (including phenoxy) is 2. The number of carboxylic acid groups (broad SMARTS) is 1. The number of aliphatic hydroxyl groups excluding tert-OH is 1. The SMILES string of the molecule is COc1nc(NCc2ccc(F)cc2)nc2c1nc(I)n2[C@@H]1O[C@H](COP(=O)(NC(C)C(=O)O)Oc2cccc3ccccc23)[C@@H](O)[C@@]1(C)O. The highest BCUT2D eigenvalue weighted by Crippen LogP contribution is 2.49. The lowest BCUT2D eigenvalue weighted by Gasteiger charge is -2.28. The number of aliphatic hydroxyl groups is 2. The van der Waals surface area contributed by atoms with E-state index in [4.69, 9.17) is 18.5 Å². The number of rotatable bonds is 13. The van der Waals surface area contributed by atoms with E-state index in [9.17, 15) is 29.1 Å². The summed E-state index contributed by atoms with van der Waals surface area (Å²) in [7, 11) is -3.04. The van der Waals surface area contributed by atoms with E-state index >= 15 is 0 Å². The van der Waals surface area contributed by atoms with Gasteiger partial charge in [-0.1, -0.05) is 48.5 Å². The Kier molecular flexibility index (Phi) is 10.3. The Morgan fingerprint density at radius 3 is 2.58 bits per heavy atom. The van der Waals surface area contributed by atoms with E-state index in [1.54, 1.807) is 36.4 Å². The molecule has 3 aromatic carbocycles. The Morgan fingerprint density at radius 2 is 1.86 bits per heavy atom. The van der Waals surface area contributed by atoms with Crippen molar-refractivity contribution in [2.24, 2.45) is 0 Å². The van der Waals surface area contributed by atoms with Gasteiger partial charge in [0.25, 0.3) is 0 Å². The second-order valence-corrected chi connectivity index (χ2v) is 14.4. The van der Waals surface area contributed by atoms with E-state index in [1.807, 2.05) is 40.8 Å². The second kappa shape index (κ2) is 14.3. The zero-order chi connectivity index (χ0) is 35.8. The molecule has 2 unspecified atom stereocenters. The third kappa shape index (κ3) is 7.25. The summed E-state index contributed by atoms with van der Waals surface area (Å²) < 4.78 is 52.5. The predicted molar refractivity (Wildman–Crippen MR) is 187 cm³/mol. The molecular weight excluding hydrogens is 789 g/mol. The number of imidazole rings is 1. The lowest BCUT2D eigenvalue weighted by atomic mass is 9.96. The highest BCUT2D eigenvalue weighted by Gasteiger charge is 2.55. The van der Waals surface area contributed by atoms with Gasteiger partial charge in [-0.05, 0) is 43.0 Å². The summed E-state index contributed by atoms with van der Waals surface area (Å²) in [6.07, 6.45) is -4.17. The van der Waals surface area contributed by atoms with Gasteiger partial charge in [0.05, 0.1) is 13.7 Å². The maximum absolute atomic E-state index is 14.1. The van der Waals surface area contributed by atoms with Crippen molar-refractivity contribution in [2.75, 3.05) is 19.0 Å².